The van der Waals surface area contributed by atoms with Gasteiger partial charge in [-0.15, -0.1) is 0 Å². The number of aromatic nitrogens is 1. The van der Waals surface area contributed by atoms with Crippen LogP contribution in [0.3, 0.4) is 0 Å². The van der Waals surface area contributed by atoms with Gasteiger partial charge >= 0.3 is 12.1 Å². The molecule has 1 aromatic heterocycles. The molecule has 0 fully saturated rings. The molecular weight excluding hydrogens is 398 g/mol. The monoisotopic (exact) mass is 429 g/mol. The molecule has 3 N–H and O–H groups in total. The molecule has 2 aromatic rings. The number of aromatic amines is 1. The van der Waals surface area contributed by atoms with Crippen molar-refractivity contribution in [2.45, 2.75) is 71.7 Å². The number of amides is 2. The summed E-state index contributed by atoms with van der Waals surface area (Å²) in [6, 6.07) is 5.81. The minimum Gasteiger partial charge on any atom is -0.480 e. The van der Waals surface area contributed by atoms with Crippen LogP contribution < -0.4 is 5.32 Å². The first kappa shape index (κ1) is 22.7. The number of aliphatic carboxylic acids is 1. The number of carboxylic acid groups (broad SMARTS) is 1. The molecule has 0 radical (unpaired) electrons. The van der Waals surface area contributed by atoms with Crippen LogP contribution in [0, 0.1) is 5.92 Å². The average molecular weight is 430 g/mol. The Morgan fingerprint density at radius 1 is 1.29 bits per heavy atom. The third-order valence-corrected chi connectivity index (χ3v) is 5.72. The van der Waals surface area contributed by atoms with Crippen LogP contribution in [0.5, 0.6) is 0 Å². The Hall–Kier alpha value is -3.03. The molecule has 0 saturated carbocycles. The van der Waals surface area contributed by atoms with Gasteiger partial charge in [0, 0.05) is 23.0 Å². The van der Waals surface area contributed by atoms with Crippen LogP contribution in [-0.4, -0.2) is 50.6 Å². The number of fused-ring (bicyclic) bond motifs is 3. The van der Waals surface area contributed by atoms with E-state index in [4.69, 9.17) is 4.74 Å². The van der Waals surface area contributed by atoms with Crippen molar-refractivity contribution in [2.75, 3.05) is 0 Å². The maximum absolute atomic E-state index is 13.5. The van der Waals surface area contributed by atoms with Gasteiger partial charge in [0.25, 0.3) is 0 Å². The van der Waals surface area contributed by atoms with Crippen LogP contribution in [-0.2, 0) is 27.3 Å². The van der Waals surface area contributed by atoms with Crippen LogP contribution >= 0.6 is 0 Å². The summed E-state index contributed by atoms with van der Waals surface area (Å²) in [6.45, 7) is 9.15. The van der Waals surface area contributed by atoms with Crippen LogP contribution in [0.4, 0.5) is 4.79 Å². The number of carbonyl (C=O) groups excluding carboxylic acids is 2. The Balaban J connectivity index is 1.91. The van der Waals surface area contributed by atoms with Gasteiger partial charge in [0.15, 0.2) is 0 Å². The second-order valence-electron chi connectivity index (χ2n) is 9.16. The van der Waals surface area contributed by atoms with Crippen molar-refractivity contribution in [3.63, 3.8) is 0 Å². The summed E-state index contributed by atoms with van der Waals surface area (Å²) in [5, 5.41) is 13.5. The van der Waals surface area contributed by atoms with E-state index in [1.165, 1.54) is 4.90 Å². The van der Waals surface area contributed by atoms with Gasteiger partial charge in [-0.1, -0.05) is 38.5 Å². The lowest BCUT2D eigenvalue weighted by Gasteiger charge is -2.37. The van der Waals surface area contributed by atoms with Gasteiger partial charge in [-0.05, 0) is 38.3 Å². The normalized spacial score (nSPS) is 18.2. The molecule has 3 rings (SSSR count). The summed E-state index contributed by atoms with van der Waals surface area (Å²) in [5.74, 6) is -1.68. The van der Waals surface area contributed by atoms with Crippen LogP contribution in [0.15, 0.2) is 24.3 Å². The average Bonchev–Trinajstić information content (AvgIpc) is 3.06. The van der Waals surface area contributed by atoms with Crippen molar-refractivity contribution in [3.05, 3.63) is 35.5 Å². The van der Waals surface area contributed by atoms with Gasteiger partial charge in [0.1, 0.15) is 17.7 Å². The molecule has 0 bridgehead atoms. The number of carboxylic acids is 1. The van der Waals surface area contributed by atoms with Gasteiger partial charge < -0.3 is 25.0 Å². The highest BCUT2D eigenvalue weighted by Crippen LogP contribution is 2.31. The lowest BCUT2D eigenvalue weighted by Crippen LogP contribution is -2.57. The number of alkyl carbamates (subject to hydrolysis) is 1. The number of para-hydroxylation sites is 1. The van der Waals surface area contributed by atoms with E-state index in [2.05, 4.69) is 10.3 Å². The highest BCUT2D eigenvalue weighted by molar-refractivity contribution is 5.92. The predicted molar refractivity (Wildman–Crippen MR) is 117 cm³/mol. The van der Waals surface area contributed by atoms with Crippen LogP contribution in [0.1, 0.15) is 52.3 Å². The molecule has 0 spiro atoms. The number of H-pyrrole nitrogens is 1. The highest BCUT2D eigenvalue weighted by Gasteiger charge is 2.40. The van der Waals surface area contributed by atoms with E-state index in [9.17, 15) is 19.5 Å². The number of benzene rings is 1. The fraction of sp³-hybridized carbons (Fsp3) is 0.522. The van der Waals surface area contributed by atoms with Crippen molar-refractivity contribution < 1.29 is 24.2 Å². The van der Waals surface area contributed by atoms with Gasteiger partial charge in [0.05, 0.1) is 6.54 Å². The largest absolute Gasteiger partial charge is 0.480 e. The Morgan fingerprint density at radius 2 is 1.97 bits per heavy atom. The van der Waals surface area contributed by atoms with Crippen molar-refractivity contribution in [1.29, 1.82) is 0 Å². The minimum absolute atomic E-state index is 0.142. The molecular formula is C23H31N3O5. The molecule has 3 atom stereocenters. The second kappa shape index (κ2) is 8.61. The fourth-order valence-electron chi connectivity index (χ4n) is 3.96. The summed E-state index contributed by atoms with van der Waals surface area (Å²) >= 11 is 0. The fourth-order valence-corrected chi connectivity index (χ4v) is 3.96. The van der Waals surface area contributed by atoms with Gasteiger partial charge in [0.2, 0.25) is 5.91 Å². The van der Waals surface area contributed by atoms with E-state index >= 15 is 0 Å². The van der Waals surface area contributed by atoms with E-state index in [1.54, 1.807) is 20.8 Å². The molecule has 0 unspecified atom stereocenters. The zero-order valence-corrected chi connectivity index (χ0v) is 18.7. The van der Waals surface area contributed by atoms with E-state index in [0.29, 0.717) is 6.42 Å². The molecule has 168 valence electrons. The maximum Gasteiger partial charge on any atom is 0.408 e. The molecule has 2 heterocycles. The number of nitrogens with zero attached hydrogens (tertiary/aromatic N) is 1. The third-order valence-electron chi connectivity index (χ3n) is 5.72. The van der Waals surface area contributed by atoms with E-state index in [-0.39, 0.29) is 18.9 Å². The van der Waals surface area contributed by atoms with Crippen LogP contribution in [0.25, 0.3) is 10.9 Å². The van der Waals surface area contributed by atoms with Crippen molar-refractivity contribution >= 4 is 28.9 Å². The topological polar surface area (TPSA) is 112 Å². The summed E-state index contributed by atoms with van der Waals surface area (Å²) in [6.07, 6.45) is 0.150. The number of hydrogen-bond acceptors (Lipinski definition) is 4. The molecule has 0 aliphatic carbocycles. The molecule has 1 aromatic carbocycles. The number of carbonyl (C=O) groups is 3. The van der Waals surface area contributed by atoms with Crippen molar-refractivity contribution in [2.24, 2.45) is 5.92 Å². The van der Waals surface area contributed by atoms with E-state index < -0.39 is 35.7 Å². The van der Waals surface area contributed by atoms with E-state index in [0.717, 1.165) is 22.2 Å². The predicted octanol–water partition coefficient (Wildman–Crippen LogP) is 3.45. The van der Waals surface area contributed by atoms with E-state index in [1.807, 2.05) is 38.1 Å². The van der Waals surface area contributed by atoms with Crippen LogP contribution in [0.2, 0.25) is 0 Å². The molecule has 2 amide bonds. The number of hydrogen-bond donors (Lipinski definition) is 3. The van der Waals surface area contributed by atoms with Gasteiger partial charge in [-0.25, -0.2) is 9.59 Å². The summed E-state index contributed by atoms with van der Waals surface area (Å²) in [5.41, 5.74) is 1.96. The Bertz CT molecular complexity index is 991. The Labute approximate surface area is 181 Å². The zero-order valence-electron chi connectivity index (χ0n) is 18.7. The van der Waals surface area contributed by atoms with Crippen molar-refractivity contribution in [3.8, 4) is 0 Å². The number of ether oxygens (including phenoxy) is 1. The molecule has 31 heavy (non-hydrogen) atoms. The number of rotatable bonds is 5. The number of nitrogens with one attached hydrogen (secondary N) is 2. The first-order chi connectivity index (χ1) is 14.5. The molecule has 1 aliphatic rings. The standard InChI is InChI=1S/C23H31N3O5/c1-6-13(2)19(25-22(30)31-23(3,4)5)20(27)26-12-17-15(11-18(26)21(28)29)14-9-7-8-10-16(14)24-17/h7-10,13,18-19,24H,6,11-12H2,1-5H3,(H,25,30)(H,28,29)/t13-,18-,19-/m0/s1. The molecule has 0 saturated heterocycles. The second-order valence-corrected chi connectivity index (χ2v) is 9.16. The minimum atomic E-state index is -1.07. The third kappa shape index (κ3) is 4.84. The van der Waals surface area contributed by atoms with Gasteiger partial charge in [-0.2, -0.15) is 0 Å². The molecule has 8 nitrogen and oxygen atoms in total. The quantitative estimate of drug-likeness (QED) is 0.674. The Morgan fingerprint density at radius 3 is 2.58 bits per heavy atom. The Kier molecular flexibility index (Phi) is 6.29. The van der Waals surface area contributed by atoms with Gasteiger partial charge in [-0.3, -0.25) is 4.79 Å². The smallest absolute Gasteiger partial charge is 0.408 e. The van der Waals surface area contributed by atoms with Crippen molar-refractivity contribution in [1.82, 2.24) is 15.2 Å². The molecule has 1 aliphatic heterocycles. The highest BCUT2D eigenvalue weighted by atomic mass is 16.6. The summed E-state index contributed by atoms with van der Waals surface area (Å²) in [4.78, 5) is 42.7. The SMILES string of the molecule is CC[C@H](C)[C@H](NC(=O)OC(C)(C)C)C(=O)N1Cc2[nH]c3ccccc3c2C[C@H]1C(=O)O. The zero-order chi connectivity index (χ0) is 22.9. The lowest BCUT2D eigenvalue weighted by molar-refractivity contribution is -0.153. The first-order valence-electron chi connectivity index (χ1n) is 10.6. The maximum atomic E-state index is 13.5. The first-order valence-corrected chi connectivity index (χ1v) is 10.6. The summed E-state index contributed by atoms with van der Waals surface area (Å²) in [7, 11) is 0. The molecule has 8 heteroatoms. The lowest BCUT2D eigenvalue weighted by atomic mass is 9.93. The summed E-state index contributed by atoms with van der Waals surface area (Å²) < 4.78 is 5.33.